The normalized spacial score (nSPS) is 11.0. The molecule has 0 radical (unpaired) electrons. The second-order valence-electron chi connectivity index (χ2n) is 5.52. The van der Waals surface area contributed by atoms with Crippen LogP contribution in [0.15, 0.2) is 66.7 Å². The number of carbonyl (C=O) groups is 1. The number of esters is 1. The second-order valence-corrected chi connectivity index (χ2v) is 5.52. The summed E-state index contributed by atoms with van der Waals surface area (Å²) in [6.45, 7) is 0.133. The van der Waals surface area contributed by atoms with Gasteiger partial charge in [-0.1, -0.05) is 42.5 Å². The zero-order valence-electron chi connectivity index (χ0n) is 13.1. The van der Waals surface area contributed by atoms with E-state index < -0.39 is 5.97 Å². The highest BCUT2D eigenvalue weighted by molar-refractivity contribution is 5.94. The predicted molar refractivity (Wildman–Crippen MR) is 98.0 cm³/mol. The van der Waals surface area contributed by atoms with Gasteiger partial charge in [0.05, 0.1) is 0 Å². The minimum absolute atomic E-state index is 0.133. The molecule has 0 bridgehead atoms. The van der Waals surface area contributed by atoms with Crippen LogP contribution in [0.2, 0.25) is 0 Å². The van der Waals surface area contributed by atoms with Gasteiger partial charge in [-0.15, -0.1) is 0 Å². The van der Waals surface area contributed by atoms with Crippen LogP contribution in [0.4, 0.5) is 11.4 Å². The zero-order chi connectivity index (χ0) is 16.9. The van der Waals surface area contributed by atoms with Gasteiger partial charge in [-0.2, -0.15) is 0 Å². The topological polar surface area (TPSA) is 78.3 Å². The third-order valence-corrected chi connectivity index (χ3v) is 3.64. The van der Waals surface area contributed by atoms with Crippen LogP contribution < -0.4 is 11.5 Å². The van der Waals surface area contributed by atoms with E-state index in [-0.39, 0.29) is 6.61 Å². The van der Waals surface area contributed by atoms with E-state index in [1.165, 1.54) is 6.08 Å². The molecule has 0 unspecified atom stereocenters. The molecule has 3 aromatic carbocycles. The van der Waals surface area contributed by atoms with Crippen LogP contribution in [-0.4, -0.2) is 5.97 Å². The number of hydrogen-bond donors (Lipinski definition) is 2. The molecule has 0 aliphatic rings. The molecule has 4 heteroatoms. The Kier molecular flexibility index (Phi) is 4.47. The highest BCUT2D eigenvalue weighted by Gasteiger charge is 2.02. The number of hydrogen-bond acceptors (Lipinski definition) is 4. The summed E-state index contributed by atoms with van der Waals surface area (Å²) in [5, 5.41) is 2.22. The minimum Gasteiger partial charge on any atom is -0.458 e. The summed E-state index contributed by atoms with van der Waals surface area (Å²) in [5.41, 5.74) is 14.3. The first-order chi connectivity index (χ1) is 11.6. The Balaban J connectivity index is 1.69. The van der Waals surface area contributed by atoms with Gasteiger partial charge in [0.2, 0.25) is 0 Å². The van der Waals surface area contributed by atoms with Crippen LogP contribution in [0.3, 0.4) is 0 Å². The minimum atomic E-state index is -0.413. The Labute approximate surface area is 140 Å². The predicted octanol–water partition coefficient (Wildman–Crippen LogP) is 3.76. The molecule has 24 heavy (non-hydrogen) atoms. The number of benzene rings is 3. The maximum absolute atomic E-state index is 11.9. The summed E-state index contributed by atoms with van der Waals surface area (Å²) in [5.74, 6) is -0.413. The van der Waals surface area contributed by atoms with E-state index in [9.17, 15) is 4.79 Å². The van der Waals surface area contributed by atoms with Crippen molar-refractivity contribution in [3.05, 3.63) is 77.9 Å². The van der Waals surface area contributed by atoms with Crippen LogP contribution in [-0.2, 0) is 16.1 Å². The highest BCUT2D eigenvalue weighted by Crippen LogP contribution is 2.19. The summed E-state index contributed by atoms with van der Waals surface area (Å²) in [6, 6.07) is 19.1. The third-order valence-electron chi connectivity index (χ3n) is 3.64. The second kappa shape index (κ2) is 6.87. The molecule has 0 amide bonds. The molecular weight excluding hydrogens is 300 g/mol. The molecule has 0 fully saturated rings. The summed E-state index contributed by atoms with van der Waals surface area (Å²) < 4.78 is 5.24. The van der Waals surface area contributed by atoms with Gasteiger partial charge in [-0.3, -0.25) is 0 Å². The monoisotopic (exact) mass is 318 g/mol. The van der Waals surface area contributed by atoms with Crippen LogP contribution in [0.1, 0.15) is 11.1 Å². The smallest absolute Gasteiger partial charge is 0.331 e. The number of ether oxygens (including phenoxy) is 1. The van der Waals surface area contributed by atoms with Crippen LogP contribution >= 0.6 is 0 Å². The van der Waals surface area contributed by atoms with Gasteiger partial charge in [-0.25, -0.2) is 4.79 Å². The summed E-state index contributed by atoms with van der Waals surface area (Å²) in [4.78, 5) is 11.9. The van der Waals surface area contributed by atoms with Crippen molar-refractivity contribution in [1.82, 2.24) is 0 Å². The molecule has 3 aromatic rings. The fourth-order valence-corrected chi connectivity index (χ4v) is 2.59. The van der Waals surface area contributed by atoms with Crippen molar-refractivity contribution in [2.45, 2.75) is 6.61 Å². The molecule has 4 N–H and O–H groups in total. The fraction of sp³-hybridized carbons (Fsp3) is 0.0500. The summed E-state index contributed by atoms with van der Waals surface area (Å²) in [6.07, 6.45) is 3.19. The zero-order valence-corrected chi connectivity index (χ0v) is 13.1. The summed E-state index contributed by atoms with van der Waals surface area (Å²) in [7, 11) is 0. The van der Waals surface area contributed by atoms with Crippen LogP contribution in [0.25, 0.3) is 16.8 Å². The van der Waals surface area contributed by atoms with Gasteiger partial charge < -0.3 is 16.2 Å². The number of nitrogen functional groups attached to an aromatic ring is 2. The molecule has 0 aromatic heterocycles. The van der Waals surface area contributed by atoms with Crippen molar-refractivity contribution >= 4 is 34.2 Å². The maximum Gasteiger partial charge on any atom is 0.331 e. The summed E-state index contributed by atoms with van der Waals surface area (Å²) >= 11 is 0. The standard InChI is InChI=1S/C20H18N2O2/c21-17-10-14(11-18(22)12-17)13-24-20(23)9-8-16-6-3-5-15-4-1-2-7-19(15)16/h1-12H,13,21-22H2. The van der Waals surface area contributed by atoms with Gasteiger partial charge in [0.15, 0.2) is 0 Å². The molecule has 4 nitrogen and oxygen atoms in total. The van der Waals surface area contributed by atoms with Gasteiger partial charge in [0, 0.05) is 17.5 Å². The Morgan fingerprint density at radius 2 is 1.67 bits per heavy atom. The average molecular weight is 318 g/mol. The molecule has 0 heterocycles. The van der Waals surface area contributed by atoms with E-state index in [2.05, 4.69) is 0 Å². The lowest BCUT2D eigenvalue weighted by atomic mass is 10.0. The molecule has 0 spiro atoms. The molecule has 0 atom stereocenters. The largest absolute Gasteiger partial charge is 0.458 e. The number of nitrogens with two attached hydrogens (primary N) is 2. The van der Waals surface area contributed by atoms with Crippen molar-refractivity contribution in [3.63, 3.8) is 0 Å². The third kappa shape index (κ3) is 3.73. The molecule has 0 saturated heterocycles. The number of fused-ring (bicyclic) bond motifs is 1. The maximum atomic E-state index is 11.9. The van der Waals surface area contributed by atoms with Crippen molar-refractivity contribution in [2.24, 2.45) is 0 Å². The van der Waals surface area contributed by atoms with Gasteiger partial charge >= 0.3 is 5.97 Å². The Morgan fingerprint density at radius 1 is 0.958 bits per heavy atom. The van der Waals surface area contributed by atoms with E-state index in [0.717, 1.165) is 21.9 Å². The Bertz CT molecular complexity index is 891. The SMILES string of the molecule is Nc1cc(N)cc(COC(=O)C=Cc2cccc3ccccc23)c1. The molecule has 3 rings (SSSR count). The van der Waals surface area contributed by atoms with Crippen LogP contribution in [0.5, 0.6) is 0 Å². The van der Waals surface area contributed by atoms with E-state index in [1.807, 2.05) is 42.5 Å². The first-order valence-corrected chi connectivity index (χ1v) is 7.59. The molecular formula is C20H18N2O2. The fourth-order valence-electron chi connectivity index (χ4n) is 2.59. The Morgan fingerprint density at radius 3 is 2.46 bits per heavy atom. The number of anilines is 2. The molecule has 0 aliphatic carbocycles. The van der Waals surface area contributed by atoms with Crippen molar-refractivity contribution < 1.29 is 9.53 Å². The van der Waals surface area contributed by atoms with Gasteiger partial charge in [-0.05, 0) is 46.2 Å². The van der Waals surface area contributed by atoms with Gasteiger partial charge in [0.1, 0.15) is 6.61 Å². The highest BCUT2D eigenvalue weighted by atomic mass is 16.5. The van der Waals surface area contributed by atoms with E-state index >= 15 is 0 Å². The average Bonchev–Trinajstić information content (AvgIpc) is 2.57. The van der Waals surface area contributed by atoms with E-state index in [0.29, 0.717) is 11.4 Å². The molecule has 120 valence electrons. The van der Waals surface area contributed by atoms with Crippen molar-refractivity contribution in [2.75, 3.05) is 11.5 Å². The lowest BCUT2D eigenvalue weighted by Crippen LogP contribution is -2.02. The van der Waals surface area contributed by atoms with Crippen molar-refractivity contribution in [3.8, 4) is 0 Å². The van der Waals surface area contributed by atoms with E-state index in [4.69, 9.17) is 16.2 Å². The van der Waals surface area contributed by atoms with Crippen molar-refractivity contribution in [1.29, 1.82) is 0 Å². The lowest BCUT2D eigenvalue weighted by Gasteiger charge is -2.05. The molecule has 0 saturated carbocycles. The first-order valence-electron chi connectivity index (χ1n) is 7.59. The molecule has 0 aliphatic heterocycles. The first kappa shape index (κ1) is 15.6. The lowest BCUT2D eigenvalue weighted by molar-refractivity contribution is -0.138. The number of carbonyl (C=O) groups excluding carboxylic acids is 1. The van der Waals surface area contributed by atoms with E-state index in [1.54, 1.807) is 24.3 Å². The number of rotatable bonds is 4. The quantitative estimate of drug-likeness (QED) is 0.436. The van der Waals surface area contributed by atoms with Crippen LogP contribution in [0, 0.1) is 0 Å². The van der Waals surface area contributed by atoms with Gasteiger partial charge in [0.25, 0.3) is 0 Å². The Hall–Kier alpha value is -3.27.